The first-order valence-electron chi connectivity index (χ1n) is 5.48. The second kappa shape index (κ2) is 4.85. The minimum absolute atomic E-state index is 0.148. The van der Waals surface area contributed by atoms with Crippen molar-refractivity contribution < 1.29 is 4.42 Å². The van der Waals surface area contributed by atoms with Gasteiger partial charge in [-0.3, -0.25) is 0 Å². The summed E-state index contributed by atoms with van der Waals surface area (Å²) in [5, 5.41) is 10.9. The van der Waals surface area contributed by atoms with Crippen molar-refractivity contribution >= 4 is 17.4 Å². The molecule has 17 heavy (non-hydrogen) atoms. The fourth-order valence-electron chi connectivity index (χ4n) is 1.42. The topological polar surface area (TPSA) is 77.0 Å². The average molecular weight is 252 g/mol. The molecule has 0 amide bonds. The summed E-state index contributed by atoms with van der Waals surface area (Å²) in [6, 6.07) is 4.52. The van der Waals surface area contributed by atoms with Gasteiger partial charge in [-0.05, 0) is 32.9 Å². The maximum atomic E-state index is 5.65. The van der Waals surface area contributed by atoms with Crippen molar-refractivity contribution in [2.45, 2.75) is 32.9 Å². The number of aromatic nitrogens is 2. The highest BCUT2D eigenvalue weighted by atomic mass is 32.1. The van der Waals surface area contributed by atoms with E-state index in [-0.39, 0.29) is 12.1 Å². The van der Waals surface area contributed by atoms with Crippen LogP contribution in [0, 0.1) is 6.92 Å². The van der Waals surface area contributed by atoms with Crippen molar-refractivity contribution in [3.05, 3.63) is 27.8 Å². The Balaban J connectivity index is 2.05. The highest BCUT2D eigenvalue weighted by Gasteiger charge is 2.13. The second-order valence-corrected chi connectivity index (χ2v) is 5.37. The van der Waals surface area contributed by atoms with Crippen molar-refractivity contribution in [2.24, 2.45) is 5.73 Å². The lowest BCUT2D eigenvalue weighted by Crippen LogP contribution is -2.05. The van der Waals surface area contributed by atoms with Gasteiger partial charge in [0.1, 0.15) is 0 Å². The molecule has 0 radical (unpaired) electrons. The van der Waals surface area contributed by atoms with Gasteiger partial charge in [-0.15, -0.1) is 16.4 Å². The summed E-state index contributed by atoms with van der Waals surface area (Å²) >= 11 is 1.75. The maximum absolute atomic E-state index is 5.65. The molecule has 92 valence electrons. The molecule has 5 nitrogen and oxygen atoms in total. The van der Waals surface area contributed by atoms with Gasteiger partial charge in [0.25, 0.3) is 0 Å². The summed E-state index contributed by atoms with van der Waals surface area (Å²) in [7, 11) is 0. The van der Waals surface area contributed by atoms with E-state index < -0.39 is 0 Å². The summed E-state index contributed by atoms with van der Waals surface area (Å²) < 4.78 is 5.39. The van der Waals surface area contributed by atoms with Gasteiger partial charge in [0, 0.05) is 9.75 Å². The molecule has 2 unspecified atom stereocenters. The van der Waals surface area contributed by atoms with Crippen LogP contribution in [-0.2, 0) is 0 Å². The molecule has 2 aromatic rings. The van der Waals surface area contributed by atoms with E-state index in [4.69, 9.17) is 10.2 Å². The maximum Gasteiger partial charge on any atom is 0.316 e. The molecule has 0 aliphatic heterocycles. The van der Waals surface area contributed by atoms with E-state index in [1.54, 1.807) is 11.3 Å². The molecule has 2 heterocycles. The Morgan fingerprint density at radius 1 is 1.35 bits per heavy atom. The fourth-order valence-corrected chi connectivity index (χ4v) is 2.30. The molecule has 0 aromatic carbocycles. The fraction of sp³-hybridized carbons (Fsp3) is 0.455. The second-order valence-electron chi connectivity index (χ2n) is 4.05. The van der Waals surface area contributed by atoms with Crippen LogP contribution in [-0.4, -0.2) is 10.2 Å². The third-order valence-electron chi connectivity index (χ3n) is 2.36. The van der Waals surface area contributed by atoms with E-state index in [1.165, 1.54) is 9.75 Å². The molecule has 0 aliphatic rings. The monoisotopic (exact) mass is 252 g/mol. The van der Waals surface area contributed by atoms with Crippen molar-refractivity contribution in [1.82, 2.24) is 10.2 Å². The number of hydrogen-bond donors (Lipinski definition) is 2. The molecule has 0 saturated heterocycles. The van der Waals surface area contributed by atoms with E-state index in [9.17, 15) is 0 Å². The molecule has 2 atom stereocenters. The highest BCUT2D eigenvalue weighted by Crippen LogP contribution is 2.25. The van der Waals surface area contributed by atoms with E-state index in [2.05, 4.69) is 41.5 Å². The Kier molecular flexibility index (Phi) is 3.44. The first-order chi connectivity index (χ1) is 8.06. The summed E-state index contributed by atoms with van der Waals surface area (Å²) in [4.78, 5) is 2.53. The molecular weight excluding hydrogens is 236 g/mol. The molecule has 0 fully saturated rings. The van der Waals surface area contributed by atoms with E-state index >= 15 is 0 Å². The van der Waals surface area contributed by atoms with Gasteiger partial charge in [0.15, 0.2) is 0 Å². The van der Waals surface area contributed by atoms with Crippen molar-refractivity contribution in [3.8, 4) is 0 Å². The molecule has 0 saturated carbocycles. The quantitative estimate of drug-likeness (QED) is 0.874. The van der Waals surface area contributed by atoms with Crippen LogP contribution < -0.4 is 11.1 Å². The predicted octanol–water partition coefficient (Wildman–Crippen LogP) is 2.63. The van der Waals surface area contributed by atoms with Gasteiger partial charge < -0.3 is 15.5 Å². The molecular formula is C11H16N4OS. The Bertz CT molecular complexity index is 491. The lowest BCUT2D eigenvalue weighted by Gasteiger charge is -2.08. The zero-order valence-electron chi connectivity index (χ0n) is 10.1. The summed E-state index contributed by atoms with van der Waals surface area (Å²) in [6.45, 7) is 5.95. The van der Waals surface area contributed by atoms with Gasteiger partial charge in [-0.25, -0.2) is 0 Å². The summed E-state index contributed by atoms with van der Waals surface area (Å²) in [6.07, 6.45) is 0. The number of thiophene rings is 1. The van der Waals surface area contributed by atoms with Gasteiger partial charge in [0.05, 0.1) is 12.1 Å². The smallest absolute Gasteiger partial charge is 0.316 e. The van der Waals surface area contributed by atoms with Crippen LogP contribution in [0.1, 0.15) is 41.6 Å². The van der Waals surface area contributed by atoms with Gasteiger partial charge in [-0.1, -0.05) is 5.10 Å². The largest absolute Gasteiger partial charge is 0.406 e. The predicted molar refractivity (Wildman–Crippen MR) is 68.0 cm³/mol. The van der Waals surface area contributed by atoms with Gasteiger partial charge >= 0.3 is 6.01 Å². The van der Waals surface area contributed by atoms with Crippen LogP contribution >= 0.6 is 11.3 Å². The summed E-state index contributed by atoms with van der Waals surface area (Å²) in [5.41, 5.74) is 5.65. The van der Waals surface area contributed by atoms with Gasteiger partial charge in [-0.2, -0.15) is 0 Å². The number of nitrogens with two attached hydrogens (primary N) is 1. The Hall–Kier alpha value is -1.40. The lowest BCUT2D eigenvalue weighted by molar-refractivity contribution is 0.470. The SMILES string of the molecule is Cc1ccc(C(C)Nc2nnc(C(C)N)o2)s1. The molecule has 0 bridgehead atoms. The number of rotatable bonds is 4. The van der Waals surface area contributed by atoms with Crippen molar-refractivity contribution in [3.63, 3.8) is 0 Å². The van der Waals surface area contributed by atoms with E-state index in [0.29, 0.717) is 11.9 Å². The lowest BCUT2D eigenvalue weighted by atomic mass is 10.3. The molecule has 0 aliphatic carbocycles. The molecule has 6 heteroatoms. The Morgan fingerprint density at radius 3 is 2.65 bits per heavy atom. The van der Waals surface area contributed by atoms with Crippen LogP contribution in [0.2, 0.25) is 0 Å². The minimum Gasteiger partial charge on any atom is -0.406 e. The van der Waals surface area contributed by atoms with Crippen LogP contribution in [0.15, 0.2) is 16.5 Å². The first-order valence-corrected chi connectivity index (χ1v) is 6.29. The zero-order chi connectivity index (χ0) is 12.4. The third-order valence-corrected chi connectivity index (χ3v) is 3.54. The Labute approximate surface area is 104 Å². The van der Waals surface area contributed by atoms with Gasteiger partial charge in [0.2, 0.25) is 5.89 Å². The zero-order valence-corrected chi connectivity index (χ0v) is 10.9. The Morgan fingerprint density at radius 2 is 2.12 bits per heavy atom. The average Bonchev–Trinajstić information content (AvgIpc) is 2.86. The highest BCUT2D eigenvalue weighted by molar-refractivity contribution is 7.12. The van der Waals surface area contributed by atoms with E-state index in [0.717, 1.165) is 0 Å². The van der Waals surface area contributed by atoms with Crippen LogP contribution in [0.25, 0.3) is 0 Å². The standard InChI is InChI=1S/C11H16N4OS/c1-6-4-5-9(17-6)8(3)13-11-15-14-10(16-11)7(2)12/h4-5,7-8H,12H2,1-3H3,(H,13,15). The number of anilines is 1. The van der Waals surface area contributed by atoms with Crippen molar-refractivity contribution in [2.75, 3.05) is 5.32 Å². The normalized spacial score (nSPS) is 14.6. The summed E-state index contributed by atoms with van der Waals surface area (Å²) in [5.74, 6) is 0.446. The molecule has 2 aromatic heterocycles. The molecule has 3 N–H and O–H groups in total. The molecule has 2 rings (SSSR count). The van der Waals surface area contributed by atoms with E-state index in [1.807, 2.05) is 6.92 Å². The molecule has 0 spiro atoms. The van der Waals surface area contributed by atoms with Crippen LogP contribution in [0.3, 0.4) is 0 Å². The number of hydrogen-bond acceptors (Lipinski definition) is 6. The van der Waals surface area contributed by atoms with Crippen molar-refractivity contribution in [1.29, 1.82) is 0 Å². The number of nitrogens with zero attached hydrogens (tertiary/aromatic N) is 2. The third kappa shape index (κ3) is 2.83. The first kappa shape index (κ1) is 12.1. The van der Waals surface area contributed by atoms with Crippen LogP contribution in [0.5, 0.6) is 0 Å². The number of aryl methyl sites for hydroxylation is 1. The minimum atomic E-state index is -0.239. The van der Waals surface area contributed by atoms with Crippen LogP contribution in [0.4, 0.5) is 6.01 Å². The number of nitrogens with one attached hydrogen (secondary N) is 1.